The van der Waals surface area contributed by atoms with Crippen molar-refractivity contribution in [1.29, 1.82) is 0 Å². The minimum absolute atomic E-state index is 0.318. The summed E-state index contributed by atoms with van der Waals surface area (Å²) < 4.78 is 19.2. The van der Waals surface area contributed by atoms with Crippen LogP contribution in [0.1, 0.15) is 24.1 Å². The lowest BCUT2D eigenvalue weighted by Crippen LogP contribution is -2.07. The SMILES string of the molecule is C[C@@H](N)c1ccc(OC/C=C/c2ccccc2)cc1F. The number of nitrogens with two attached hydrogens (primary N) is 1. The molecule has 0 aliphatic rings. The third-order valence-corrected chi connectivity index (χ3v) is 2.92. The zero-order valence-corrected chi connectivity index (χ0v) is 11.4. The van der Waals surface area contributed by atoms with E-state index in [2.05, 4.69) is 0 Å². The highest BCUT2D eigenvalue weighted by Gasteiger charge is 2.07. The maximum Gasteiger partial charge on any atom is 0.131 e. The Morgan fingerprint density at radius 2 is 1.95 bits per heavy atom. The molecule has 0 heterocycles. The molecule has 2 N–H and O–H groups in total. The van der Waals surface area contributed by atoms with Gasteiger partial charge in [-0.05, 0) is 24.6 Å². The van der Waals surface area contributed by atoms with Gasteiger partial charge in [0.2, 0.25) is 0 Å². The van der Waals surface area contributed by atoms with Gasteiger partial charge in [0.25, 0.3) is 0 Å². The van der Waals surface area contributed by atoms with Crippen LogP contribution in [0.15, 0.2) is 54.6 Å². The number of halogens is 1. The van der Waals surface area contributed by atoms with Gasteiger partial charge in [-0.15, -0.1) is 0 Å². The minimum Gasteiger partial charge on any atom is -0.489 e. The summed E-state index contributed by atoms with van der Waals surface area (Å²) >= 11 is 0. The third kappa shape index (κ3) is 3.93. The smallest absolute Gasteiger partial charge is 0.131 e. The third-order valence-electron chi connectivity index (χ3n) is 2.92. The van der Waals surface area contributed by atoms with Crippen molar-refractivity contribution in [2.45, 2.75) is 13.0 Å². The Morgan fingerprint density at radius 1 is 1.20 bits per heavy atom. The lowest BCUT2D eigenvalue weighted by molar-refractivity contribution is 0.360. The Morgan fingerprint density at radius 3 is 2.60 bits per heavy atom. The molecule has 0 unspecified atom stereocenters. The number of ether oxygens (including phenoxy) is 1. The van der Waals surface area contributed by atoms with E-state index in [1.54, 1.807) is 19.1 Å². The van der Waals surface area contributed by atoms with Gasteiger partial charge in [-0.3, -0.25) is 0 Å². The minimum atomic E-state index is -0.329. The predicted molar refractivity (Wildman–Crippen MR) is 80.0 cm³/mol. The molecule has 20 heavy (non-hydrogen) atoms. The Hall–Kier alpha value is -2.13. The first-order chi connectivity index (χ1) is 9.66. The van der Waals surface area contributed by atoms with Crippen LogP contribution in [0, 0.1) is 5.82 Å². The van der Waals surface area contributed by atoms with Crippen molar-refractivity contribution in [3.05, 3.63) is 71.6 Å². The van der Waals surface area contributed by atoms with Crippen LogP contribution in [0.4, 0.5) is 4.39 Å². The molecule has 0 spiro atoms. The van der Waals surface area contributed by atoms with Crippen LogP contribution in [-0.4, -0.2) is 6.61 Å². The molecule has 2 aromatic rings. The molecule has 2 aromatic carbocycles. The summed E-state index contributed by atoms with van der Waals surface area (Å²) in [6, 6.07) is 14.4. The molecular formula is C17H18FNO. The predicted octanol–water partition coefficient (Wildman–Crippen LogP) is 3.94. The van der Waals surface area contributed by atoms with Crippen LogP contribution in [-0.2, 0) is 0 Å². The first-order valence-electron chi connectivity index (χ1n) is 6.56. The van der Waals surface area contributed by atoms with Gasteiger partial charge in [0.05, 0.1) is 0 Å². The standard InChI is InChI=1S/C17H18FNO/c1-13(19)16-10-9-15(12-17(16)18)20-11-5-8-14-6-3-2-4-7-14/h2-10,12-13H,11,19H2,1H3/b8-5+/t13-/m1/s1. The summed E-state index contributed by atoms with van der Waals surface area (Å²) in [5, 5.41) is 0. The monoisotopic (exact) mass is 271 g/mol. The molecule has 2 rings (SSSR count). The molecule has 3 heteroatoms. The highest BCUT2D eigenvalue weighted by molar-refractivity contribution is 5.48. The Labute approximate surface area is 118 Å². The molecular weight excluding hydrogens is 253 g/mol. The van der Waals surface area contributed by atoms with E-state index in [1.807, 2.05) is 42.5 Å². The fourth-order valence-corrected chi connectivity index (χ4v) is 1.86. The van der Waals surface area contributed by atoms with Crippen molar-refractivity contribution in [3.63, 3.8) is 0 Å². The topological polar surface area (TPSA) is 35.2 Å². The summed E-state index contributed by atoms with van der Waals surface area (Å²) in [5.41, 5.74) is 7.26. The summed E-state index contributed by atoms with van der Waals surface area (Å²) in [6.45, 7) is 2.15. The maximum absolute atomic E-state index is 13.7. The Kier molecular flexibility index (Phi) is 4.91. The van der Waals surface area contributed by atoms with Gasteiger partial charge >= 0.3 is 0 Å². The number of benzene rings is 2. The molecule has 0 aromatic heterocycles. The average Bonchev–Trinajstić information content (AvgIpc) is 2.44. The molecule has 0 radical (unpaired) electrons. The van der Waals surface area contributed by atoms with E-state index >= 15 is 0 Å². The van der Waals surface area contributed by atoms with E-state index in [4.69, 9.17) is 10.5 Å². The van der Waals surface area contributed by atoms with Gasteiger partial charge in [0.1, 0.15) is 18.2 Å². The average molecular weight is 271 g/mol. The fraction of sp³-hybridized carbons (Fsp3) is 0.176. The number of rotatable bonds is 5. The van der Waals surface area contributed by atoms with Gasteiger partial charge in [0.15, 0.2) is 0 Å². The van der Waals surface area contributed by atoms with Crippen molar-refractivity contribution < 1.29 is 9.13 Å². The molecule has 0 aliphatic carbocycles. The van der Waals surface area contributed by atoms with Gasteiger partial charge in [0, 0.05) is 17.7 Å². The van der Waals surface area contributed by atoms with Crippen LogP contribution in [0.25, 0.3) is 6.08 Å². The molecule has 0 bridgehead atoms. The van der Waals surface area contributed by atoms with E-state index in [9.17, 15) is 4.39 Å². The zero-order valence-electron chi connectivity index (χ0n) is 11.4. The zero-order chi connectivity index (χ0) is 14.4. The number of hydrogen-bond acceptors (Lipinski definition) is 2. The van der Waals surface area contributed by atoms with Crippen molar-refractivity contribution in [2.75, 3.05) is 6.61 Å². The highest BCUT2D eigenvalue weighted by Crippen LogP contribution is 2.20. The van der Waals surface area contributed by atoms with Crippen molar-refractivity contribution in [3.8, 4) is 5.75 Å². The van der Waals surface area contributed by atoms with Crippen molar-refractivity contribution in [2.24, 2.45) is 5.73 Å². The van der Waals surface area contributed by atoms with Crippen LogP contribution < -0.4 is 10.5 Å². The van der Waals surface area contributed by atoms with Gasteiger partial charge in [-0.1, -0.05) is 42.5 Å². The first-order valence-corrected chi connectivity index (χ1v) is 6.56. The molecule has 0 fully saturated rings. The lowest BCUT2D eigenvalue weighted by atomic mass is 10.1. The second-order valence-corrected chi connectivity index (χ2v) is 4.60. The van der Waals surface area contributed by atoms with Crippen LogP contribution in [0.3, 0.4) is 0 Å². The molecule has 0 saturated carbocycles. The van der Waals surface area contributed by atoms with E-state index < -0.39 is 0 Å². The second-order valence-electron chi connectivity index (χ2n) is 4.60. The van der Waals surface area contributed by atoms with Crippen LogP contribution >= 0.6 is 0 Å². The van der Waals surface area contributed by atoms with Crippen LogP contribution in [0.2, 0.25) is 0 Å². The molecule has 0 aliphatic heterocycles. The maximum atomic E-state index is 13.7. The Balaban J connectivity index is 1.92. The van der Waals surface area contributed by atoms with E-state index in [1.165, 1.54) is 6.07 Å². The summed E-state index contributed by atoms with van der Waals surface area (Å²) in [7, 11) is 0. The lowest BCUT2D eigenvalue weighted by Gasteiger charge is -2.09. The number of hydrogen-bond donors (Lipinski definition) is 1. The summed E-state index contributed by atoms with van der Waals surface area (Å²) in [5.74, 6) is 0.175. The van der Waals surface area contributed by atoms with E-state index in [-0.39, 0.29) is 11.9 Å². The molecule has 1 atom stereocenters. The summed E-state index contributed by atoms with van der Waals surface area (Å²) in [4.78, 5) is 0. The van der Waals surface area contributed by atoms with E-state index in [0.717, 1.165) is 5.56 Å². The molecule has 0 amide bonds. The summed E-state index contributed by atoms with van der Waals surface area (Å²) in [6.07, 6.45) is 3.86. The largest absolute Gasteiger partial charge is 0.489 e. The quantitative estimate of drug-likeness (QED) is 0.894. The second kappa shape index (κ2) is 6.87. The van der Waals surface area contributed by atoms with Gasteiger partial charge in [-0.25, -0.2) is 4.39 Å². The van der Waals surface area contributed by atoms with Gasteiger partial charge in [-0.2, -0.15) is 0 Å². The molecule has 2 nitrogen and oxygen atoms in total. The first kappa shape index (κ1) is 14.3. The van der Waals surface area contributed by atoms with Crippen molar-refractivity contribution >= 4 is 6.08 Å². The fourth-order valence-electron chi connectivity index (χ4n) is 1.86. The molecule has 104 valence electrons. The normalized spacial score (nSPS) is 12.6. The molecule has 0 saturated heterocycles. The van der Waals surface area contributed by atoms with Crippen molar-refractivity contribution in [1.82, 2.24) is 0 Å². The van der Waals surface area contributed by atoms with Gasteiger partial charge < -0.3 is 10.5 Å². The van der Waals surface area contributed by atoms with Crippen LogP contribution in [0.5, 0.6) is 5.75 Å². The highest BCUT2D eigenvalue weighted by atomic mass is 19.1. The Bertz CT molecular complexity index is 579. The van der Waals surface area contributed by atoms with E-state index in [0.29, 0.717) is 17.9 Å².